The zero-order valence-corrected chi connectivity index (χ0v) is 10.8. The van der Waals surface area contributed by atoms with Crippen LogP contribution in [0.1, 0.15) is 10.4 Å². The van der Waals surface area contributed by atoms with E-state index in [0.29, 0.717) is 16.3 Å². The van der Waals surface area contributed by atoms with E-state index >= 15 is 0 Å². The third-order valence-corrected chi connectivity index (χ3v) is 3.34. The largest absolute Gasteiger partial charge is 0.490 e. The number of ether oxygens (including phenoxy) is 1. The molecule has 0 spiro atoms. The highest BCUT2D eigenvalue weighted by Gasteiger charge is 2.39. The number of hydrogen-bond donors (Lipinski definition) is 0. The van der Waals surface area contributed by atoms with Crippen LogP contribution in [0.15, 0.2) is 18.2 Å². The molecular formula is C9H5Br2ClO2. The zero-order valence-electron chi connectivity index (χ0n) is 6.89. The summed E-state index contributed by atoms with van der Waals surface area (Å²) in [5.74, 6) is 0.509. The molecule has 1 aliphatic heterocycles. The molecule has 74 valence electrons. The van der Waals surface area contributed by atoms with Crippen LogP contribution in [0.4, 0.5) is 0 Å². The molecule has 5 heteroatoms. The molecule has 0 fully saturated rings. The Hall–Kier alpha value is -0.0600. The maximum atomic E-state index is 11.9. The van der Waals surface area contributed by atoms with Crippen LogP contribution in [-0.4, -0.2) is 15.6 Å². The first-order valence-corrected chi connectivity index (χ1v) is 5.82. The number of hydrogen-bond acceptors (Lipinski definition) is 2. The van der Waals surface area contributed by atoms with Crippen molar-refractivity contribution in [3.8, 4) is 5.75 Å². The molecule has 0 atom stereocenters. The monoisotopic (exact) mass is 338 g/mol. The summed E-state index contributed by atoms with van der Waals surface area (Å²) in [6.45, 7) is 0.264. The lowest BCUT2D eigenvalue weighted by Crippen LogP contribution is -2.36. The van der Waals surface area contributed by atoms with Gasteiger partial charge in [0.15, 0.2) is 9.02 Å². The summed E-state index contributed by atoms with van der Waals surface area (Å²) in [4.78, 5) is 11.9. The highest BCUT2D eigenvalue weighted by Crippen LogP contribution is 2.39. The minimum absolute atomic E-state index is 0.0683. The predicted molar refractivity (Wildman–Crippen MR) is 61.9 cm³/mol. The average molecular weight is 340 g/mol. The van der Waals surface area contributed by atoms with Gasteiger partial charge in [-0.05, 0) is 18.2 Å². The number of ketones is 1. The zero-order chi connectivity index (χ0) is 10.3. The lowest BCUT2D eigenvalue weighted by molar-refractivity contribution is 0.0933. The minimum Gasteiger partial charge on any atom is -0.490 e. The number of fused-ring (bicyclic) bond motifs is 1. The fraction of sp³-hybridized carbons (Fsp3) is 0.222. The van der Waals surface area contributed by atoms with Gasteiger partial charge in [-0.2, -0.15) is 0 Å². The predicted octanol–water partition coefficient (Wildman–Crippen LogP) is 3.40. The molecule has 1 heterocycles. The van der Waals surface area contributed by atoms with Gasteiger partial charge in [-0.25, -0.2) is 0 Å². The van der Waals surface area contributed by atoms with E-state index < -0.39 is 3.23 Å². The van der Waals surface area contributed by atoms with E-state index in [0.717, 1.165) is 0 Å². The van der Waals surface area contributed by atoms with Gasteiger partial charge in [-0.3, -0.25) is 4.79 Å². The van der Waals surface area contributed by atoms with Crippen LogP contribution in [0.3, 0.4) is 0 Å². The van der Waals surface area contributed by atoms with E-state index in [9.17, 15) is 4.79 Å². The summed E-state index contributed by atoms with van der Waals surface area (Å²) < 4.78 is 4.57. The molecule has 1 aliphatic rings. The molecule has 2 nitrogen and oxygen atoms in total. The minimum atomic E-state index is -0.822. The maximum absolute atomic E-state index is 11.9. The summed E-state index contributed by atoms with van der Waals surface area (Å²) in [6, 6.07) is 5.00. The second-order valence-electron chi connectivity index (χ2n) is 2.96. The van der Waals surface area contributed by atoms with Gasteiger partial charge < -0.3 is 4.74 Å². The first-order chi connectivity index (χ1) is 6.50. The summed E-state index contributed by atoms with van der Waals surface area (Å²) in [5.41, 5.74) is 0.498. The molecule has 0 aromatic heterocycles. The van der Waals surface area contributed by atoms with Crippen molar-refractivity contribution >= 4 is 49.2 Å². The smallest absolute Gasteiger partial charge is 0.197 e. The number of rotatable bonds is 0. The van der Waals surface area contributed by atoms with Gasteiger partial charge in [0.1, 0.15) is 12.4 Å². The summed E-state index contributed by atoms with van der Waals surface area (Å²) in [7, 11) is 0. The van der Waals surface area contributed by atoms with Crippen LogP contribution < -0.4 is 4.74 Å². The number of benzene rings is 1. The summed E-state index contributed by atoms with van der Waals surface area (Å²) >= 11 is 12.3. The Bertz CT molecular complexity index is 404. The topological polar surface area (TPSA) is 26.3 Å². The van der Waals surface area contributed by atoms with E-state index in [1.165, 1.54) is 0 Å². The molecule has 0 aliphatic carbocycles. The molecule has 1 aromatic rings. The molecule has 0 N–H and O–H groups in total. The first-order valence-electron chi connectivity index (χ1n) is 3.86. The molecule has 2 rings (SSSR count). The molecule has 0 radical (unpaired) electrons. The van der Waals surface area contributed by atoms with E-state index in [4.69, 9.17) is 16.3 Å². The number of Topliss-reactive ketones (excluding diaryl/α,β-unsaturated/α-hetero) is 1. The van der Waals surface area contributed by atoms with E-state index in [2.05, 4.69) is 31.9 Å². The van der Waals surface area contributed by atoms with E-state index in [-0.39, 0.29) is 12.4 Å². The molecule has 1 aromatic carbocycles. The summed E-state index contributed by atoms with van der Waals surface area (Å²) in [5, 5.41) is 0.526. The Labute approximate surface area is 103 Å². The van der Waals surface area contributed by atoms with Crippen LogP contribution in [0.2, 0.25) is 5.02 Å². The molecule has 0 bridgehead atoms. The number of carbonyl (C=O) groups excluding carboxylic acids is 1. The highest BCUT2D eigenvalue weighted by molar-refractivity contribution is 9.26. The quantitative estimate of drug-likeness (QED) is 0.677. The van der Waals surface area contributed by atoms with Crippen molar-refractivity contribution in [3.63, 3.8) is 0 Å². The van der Waals surface area contributed by atoms with Crippen molar-refractivity contribution in [2.24, 2.45) is 0 Å². The van der Waals surface area contributed by atoms with Gasteiger partial charge in [-0.15, -0.1) is 0 Å². The number of alkyl halides is 2. The summed E-state index contributed by atoms with van der Waals surface area (Å²) in [6.07, 6.45) is 0. The highest BCUT2D eigenvalue weighted by atomic mass is 79.9. The van der Waals surface area contributed by atoms with Gasteiger partial charge in [0, 0.05) is 5.02 Å². The van der Waals surface area contributed by atoms with Crippen LogP contribution in [0.5, 0.6) is 5.75 Å². The fourth-order valence-corrected chi connectivity index (χ4v) is 2.06. The lowest BCUT2D eigenvalue weighted by atomic mass is 10.1. The SMILES string of the molecule is O=C1c2cc(Cl)ccc2OCC1(Br)Br. The normalized spacial score (nSPS) is 18.6. The Kier molecular flexibility index (Phi) is 2.62. The van der Waals surface area contributed by atoms with Crippen LogP contribution in [0, 0.1) is 0 Å². The van der Waals surface area contributed by atoms with Gasteiger partial charge in [0.2, 0.25) is 0 Å². The first kappa shape index (κ1) is 10.5. The van der Waals surface area contributed by atoms with Crippen LogP contribution >= 0.6 is 43.5 Å². The molecular weight excluding hydrogens is 335 g/mol. The van der Waals surface area contributed by atoms with Crippen molar-refractivity contribution in [2.75, 3.05) is 6.61 Å². The average Bonchev–Trinajstić information content (AvgIpc) is 2.13. The third-order valence-electron chi connectivity index (χ3n) is 1.93. The van der Waals surface area contributed by atoms with Crippen molar-refractivity contribution in [1.82, 2.24) is 0 Å². The second kappa shape index (κ2) is 3.51. The van der Waals surface area contributed by atoms with Crippen molar-refractivity contribution in [2.45, 2.75) is 3.23 Å². The van der Waals surface area contributed by atoms with Crippen LogP contribution in [0.25, 0.3) is 0 Å². The number of halogens is 3. The van der Waals surface area contributed by atoms with Gasteiger partial charge in [-0.1, -0.05) is 43.5 Å². The Balaban J connectivity index is 2.54. The number of carbonyl (C=O) groups is 1. The van der Waals surface area contributed by atoms with Crippen molar-refractivity contribution in [3.05, 3.63) is 28.8 Å². The molecule has 0 saturated carbocycles. The Morgan fingerprint density at radius 1 is 1.43 bits per heavy atom. The lowest BCUT2D eigenvalue weighted by Gasteiger charge is -2.26. The maximum Gasteiger partial charge on any atom is 0.197 e. The Morgan fingerprint density at radius 2 is 2.14 bits per heavy atom. The molecule has 14 heavy (non-hydrogen) atoms. The second-order valence-corrected chi connectivity index (χ2v) is 7.17. The Morgan fingerprint density at radius 3 is 2.86 bits per heavy atom. The van der Waals surface area contributed by atoms with Gasteiger partial charge in [0.05, 0.1) is 5.56 Å². The van der Waals surface area contributed by atoms with Crippen molar-refractivity contribution in [1.29, 1.82) is 0 Å². The van der Waals surface area contributed by atoms with E-state index in [1.54, 1.807) is 18.2 Å². The van der Waals surface area contributed by atoms with Crippen LogP contribution in [-0.2, 0) is 0 Å². The molecule has 0 saturated heterocycles. The third kappa shape index (κ3) is 1.71. The van der Waals surface area contributed by atoms with Crippen molar-refractivity contribution < 1.29 is 9.53 Å². The fourth-order valence-electron chi connectivity index (χ4n) is 1.24. The molecule has 0 unspecified atom stereocenters. The van der Waals surface area contributed by atoms with Gasteiger partial charge >= 0.3 is 0 Å². The van der Waals surface area contributed by atoms with E-state index in [1.807, 2.05) is 0 Å². The standard InChI is InChI=1S/C9H5Br2ClO2/c10-9(11)4-14-7-2-1-5(12)3-6(7)8(9)13/h1-3H,4H2. The van der Waals surface area contributed by atoms with Gasteiger partial charge in [0.25, 0.3) is 0 Å². The molecule has 0 amide bonds.